The zero-order valence-corrected chi connectivity index (χ0v) is 11.2. The van der Waals surface area contributed by atoms with Crippen molar-refractivity contribution in [2.24, 2.45) is 5.92 Å². The number of methoxy groups -OCH3 is 1. The molecule has 0 spiro atoms. The summed E-state index contributed by atoms with van der Waals surface area (Å²) in [7, 11) is 1.68. The standard InChI is InChI=1S/C15H21NO2/c1-12(17)14-4-3-9-16(11-14)10-13-5-7-15(18-2)8-6-13/h5-8,14H,3-4,9-11H2,1-2H3. The lowest BCUT2D eigenvalue weighted by atomic mass is 9.94. The largest absolute Gasteiger partial charge is 0.497 e. The van der Waals surface area contributed by atoms with Crippen LogP contribution in [0.4, 0.5) is 0 Å². The first-order valence-corrected chi connectivity index (χ1v) is 6.55. The van der Waals surface area contributed by atoms with Crippen LogP contribution in [0.5, 0.6) is 5.75 Å². The van der Waals surface area contributed by atoms with E-state index < -0.39 is 0 Å². The highest BCUT2D eigenvalue weighted by Crippen LogP contribution is 2.20. The predicted octanol–water partition coefficient (Wildman–Crippen LogP) is 2.50. The van der Waals surface area contributed by atoms with Gasteiger partial charge in [0.2, 0.25) is 0 Å². The highest BCUT2D eigenvalue weighted by molar-refractivity contribution is 5.78. The number of hydrogen-bond donors (Lipinski definition) is 0. The smallest absolute Gasteiger partial charge is 0.134 e. The Labute approximate surface area is 109 Å². The van der Waals surface area contributed by atoms with Crippen molar-refractivity contribution in [1.29, 1.82) is 0 Å². The Bertz CT molecular complexity index is 399. The zero-order valence-electron chi connectivity index (χ0n) is 11.2. The molecule has 1 aliphatic heterocycles. The van der Waals surface area contributed by atoms with Gasteiger partial charge in [0, 0.05) is 19.0 Å². The van der Waals surface area contributed by atoms with E-state index in [9.17, 15) is 4.79 Å². The number of nitrogens with zero attached hydrogens (tertiary/aromatic N) is 1. The SMILES string of the molecule is COc1ccc(CN2CCCC(C(C)=O)C2)cc1. The summed E-state index contributed by atoms with van der Waals surface area (Å²) >= 11 is 0. The van der Waals surface area contributed by atoms with Crippen LogP contribution in [0.1, 0.15) is 25.3 Å². The van der Waals surface area contributed by atoms with Crippen molar-refractivity contribution < 1.29 is 9.53 Å². The van der Waals surface area contributed by atoms with E-state index in [0.717, 1.165) is 38.2 Å². The maximum atomic E-state index is 11.4. The van der Waals surface area contributed by atoms with Gasteiger partial charge in [-0.2, -0.15) is 0 Å². The van der Waals surface area contributed by atoms with Gasteiger partial charge in [0.1, 0.15) is 11.5 Å². The summed E-state index contributed by atoms with van der Waals surface area (Å²) in [5, 5.41) is 0. The van der Waals surface area contributed by atoms with E-state index in [1.54, 1.807) is 14.0 Å². The molecule has 1 fully saturated rings. The number of carbonyl (C=O) groups is 1. The second kappa shape index (κ2) is 6.01. The minimum Gasteiger partial charge on any atom is -0.497 e. The molecule has 0 radical (unpaired) electrons. The third-order valence-corrected chi connectivity index (χ3v) is 3.65. The highest BCUT2D eigenvalue weighted by atomic mass is 16.5. The summed E-state index contributed by atoms with van der Waals surface area (Å²) in [5.41, 5.74) is 1.28. The van der Waals surface area contributed by atoms with Crippen molar-refractivity contribution in [1.82, 2.24) is 4.90 Å². The van der Waals surface area contributed by atoms with Crippen LogP contribution < -0.4 is 4.74 Å². The van der Waals surface area contributed by atoms with E-state index in [1.807, 2.05) is 12.1 Å². The number of ketones is 1. The fourth-order valence-corrected chi connectivity index (χ4v) is 2.52. The van der Waals surface area contributed by atoms with Gasteiger partial charge in [-0.15, -0.1) is 0 Å². The Morgan fingerprint density at radius 3 is 2.72 bits per heavy atom. The number of likely N-dealkylation sites (tertiary alicyclic amines) is 1. The second-order valence-corrected chi connectivity index (χ2v) is 5.03. The normalized spacial score (nSPS) is 20.7. The first kappa shape index (κ1) is 13.1. The monoisotopic (exact) mass is 247 g/mol. The zero-order chi connectivity index (χ0) is 13.0. The van der Waals surface area contributed by atoms with Crippen LogP contribution in [-0.4, -0.2) is 30.9 Å². The van der Waals surface area contributed by atoms with Crippen molar-refractivity contribution in [3.63, 3.8) is 0 Å². The molecule has 1 saturated heterocycles. The molecular weight excluding hydrogens is 226 g/mol. The van der Waals surface area contributed by atoms with Gasteiger partial charge >= 0.3 is 0 Å². The molecule has 0 aromatic heterocycles. The molecule has 0 N–H and O–H groups in total. The predicted molar refractivity (Wildman–Crippen MR) is 71.7 cm³/mol. The van der Waals surface area contributed by atoms with Crippen molar-refractivity contribution >= 4 is 5.78 Å². The second-order valence-electron chi connectivity index (χ2n) is 5.03. The van der Waals surface area contributed by atoms with Gasteiger partial charge in [0.25, 0.3) is 0 Å². The summed E-state index contributed by atoms with van der Waals surface area (Å²) in [5.74, 6) is 1.45. The third kappa shape index (κ3) is 3.33. The Morgan fingerprint density at radius 2 is 2.11 bits per heavy atom. The Kier molecular flexibility index (Phi) is 4.37. The van der Waals surface area contributed by atoms with Crippen LogP contribution in [0.25, 0.3) is 0 Å². The maximum Gasteiger partial charge on any atom is 0.134 e. The minimum absolute atomic E-state index is 0.233. The lowest BCUT2D eigenvalue weighted by Gasteiger charge is -2.31. The summed E-state index contributed by atoms with van der Waals surface area (Å²) in [6.07, 6.45) is 2.18. The van der Waals surface area contributed by atoms with Crippen LogP contribution in [0.2, 0.25) is 0 Å². The summed E-state index contributed by atoms with van der Waals surface area (Å²) in [6.45, 7) is 4.63. The average Bonchev–Trinajstić information content (AvgIpc) is 2.40. The van der Waals surface area contributed by atoms with Gasteiger partial charge in [0.15, 0.2) is 0 Å². The molecule has 1 heterocycles. The number of rotatable bonds is 4. The molecule has 1 unspecified atom stereocenters. The molecular formula is C15H21NO2. The molecule has 98 valence electrons. The van der Waals surface area contributed by atoms with Crippen molar-refractivity contribution in [3.05, 3.63) is 29.8 Å². The van der Waals surface area contributed by atoms with Crippen LogP contribution >= 0.6 is 0 Å². The van der Waals surface area contributed by atoms with Crippen molar-refractivity contribution in [2.45, 2.75) is 26.3 Å². The number of Topliss-reactive ketones (excluding diaryl/α,β-unsaturated/α-hetero) is 1. The molecule has 1 aliphatic rings. The molecule has 3 heteroatoms. The first-order chi connectivity index (χ1) is 8.69. The van der Waals surface area contributed by atoms with Crippen LogP contribution in [0, 0.1) is 5.92 Å². The number of ether oxygens (including phenoxy) is 1. The van der Waals surface area contributed by atoms with Gasteiger partial charge in [-0.05, 0) is 44.0 Å². The summed E-state index contributed by atoms with van der Waals surface area (Å²) < 4.78 is 5.15. The fourth-order valence-electron chi connectivity index (χ4n) is 2.52. The molecule has 1 aromatic carbocycles. The first-order valence-electron chi connectivity index (χ1n) is 6.55. The van der Waals surface area contributed by atoms with Gasteiger partial charge in [0.05, 0.1) is 7.11 Å². The topological polar surface area (TPSA) is 29.5 Å². The summed E-state index contributed by atoms with van der Waals surface area (Å²) in [4.78, 5) is 13.8. The van der Waals surface area contributed by atoms with Crippen LogP contribution in [0.15, 0.2) is 24.3 Å². The van der Waals surface area contributed by atoms with E-state index >= 15 is 0 Å². The molecule has 1 atom stereocenters. The Morgan fingerprint density at radius 1 is 1.39 bits per heavy atom. The molecule has 0 saturated carbocycles. The molecule has 18 heavy (non-hydrogen) atoms. The quantitative estimate of drug-likeness (QED) is 0.818. The lowest BCUT2D eigenvalue weighted by Crippen LogP contribution is -2.37. The fraction of sp³-hybridized carbons (Fsp3) is 0.533. The molecule has 0 bridgehead atoms. The van der Waals surface area contributed by atoms with E-state index in [1.165, 1.54) is 5.56 Å². The lowest BCUT2D eigenvalue weighted by molar-refractivity contribution is -0.122. The minimum atomic E-state index is 0.233. The van der Waals surface area contributed by atoms with Crippen LogP contribution in [0.3, 0.4) is 0 Å². The highest BCUT2D eigenvalue weighted by Gasteiger charge is 2.22. The van der Waals surface area contributed by atoms with Crippen molar-refractivity contribution in [3.8, 4) is 5.75 Å². The number of carbonyl (C=O) groups excluding carboxylic acids is 1. The van der Waals surface area contributed by atoms with Gasteiger partial charge in [-0.3, -0.25) is 9.69 Å². The van der Waals surface area contributed by atoms with Crippen LogP contribution in [-0.2, 0) is 11.3 Å². The number of benzene rings is 1. The molecule has 0 aliphatic carbocycles. The molecule has 3 nitrogen and oxygen atoms in total. The van der Waals surface area contributed by atoms with E-state index in [0.29, 0.717) is 5.78 Å². The molecule has 2 rings (SSSR count). The van der Waals surface area contributed by atoms with Crippen molar-refractivity contribution in [2.75, 3.05) is 20.2 Å². The van der Waals surface area contributed by atoms with Gasteiger partial charge < -0.3 is 4.74 Å². The van der Waals surface area contributed by atoms with E-state index in [4.69, 9.17) is 4.74 Å². The van der Waals surface area contributed by atoms with E-state index in [2.05, 4.69) is 17.0 Å². The average molecular weight is 247 g/mol. The van der Waals surface area contributed by atoms with Gasteiger partial charge in [-0.25, -0.2) is 0 Å². The summed E-state index contributed by atoms with van der Waals surface area (Å²) in [6, 6.07) is 8.16. The number of piperidine rings is 1. The Balaban J connectivity index is 1.93. The Hall–Kier alpha value is -1.35. The third-order valence-electron chi connectivity index (χ3n) is 3.65. The number of hydrogen-bond acceptors (Lipinski definition) is 3. The molecule has 0 amide bonds. The maximum absolute atomic E-state index is 11.4. The van der Waals surface area contributed by atoms with E-state index in [-0.39, 0.29) is 5.92 Å². The van der Waals surface area contributed by atoms with Gasteiger partial charge in [-0.1, -0.05) is 12.1 Å². The molecule has 1 aromatic rings.